The first kappa shape index (κ1) is 31.6. The second-order valence-corrected chi connectivity index (χ2v) is 12.4. The zero-order chi connectivity index (χ0) is 30.7. The van der Waals surface area contributed by atoms with E-state index in [0.717, 1.165) is 19.9 Å². The largest absolute Gasteiger partial charge is 0.484 e. The normalized spacial score (nSPS) is 11.4. The molecule has 0 bridgehead atoms. The molecular formula is C32H31BrN4O5S. The van der Waals surface area contributed by atoms with E-state index in [1.807, 2.05) is 61.5 Å². The molecule has 0 aliphatic rings. The number of hydrogen-bond acceptors (Lipinski definition) is 6. The van der Waals surface area contributed by atoms with Crippen molar-refractivity contribution < 1.29 is 22.7 Å². The minimum absolute atomic E-state index is 0.0926. The summed E-state index contributed by atoms with van der Waals surface area (Å²) in [5.41, 5.74) is 5.82. The molecule has 0 unspecified atom stereocenters. The number of aryl methyl sites for hydroxylation is 1. The van der Waals surface area contributed by atoms with Crippen LogP contribution in [0.25, 0.3) is 0 Å². The number of nitrogens with zero attached hydrogens (tertiary/aromatic N) is 2. The summed E-state index contributed by atoms with van der Waals surface area (Å²) in [6.07, 6.45) is 1.87. The molecule has 0 aliphatic heterocycles. The Balaban J connectivity index is 1.31. The standard InChI is InChI=1S/C32H31BrN4O5S/c1-24-7-13-28(14-8-24)35-32(39)23-42-29-15-9-26(10-16-29)21-34-36-31(38)22-37(20-19-25-5-3-2-4-6-25)43(40,41)30-17-11-27(33)12-18-30/h2-18,21H,19-20,22-23H2,1H3,(H,35,39)(H,36,38)/b34-21+. The van der Waals surface area contributed by atoms with Crippen LogP contribution in [-0.2, 0) is 26.0 Å². The Bertz CT molecular complexity index is 1650. The third-order valence-electron chi connectivity index (χ3n) is 6.25. The molecule has 11 heteroatoms. The molecule has 4 aromatic rings. The van der Waals surface area contributed by atoms with Gasteiger partial charge in [0.2, 0.25) is 10.0 Å². The van der Waals surface area contributed by atoms with Crippen LogP contribution < -0.4 is 15.5 Å². The number of nitrogens with one attached hydrogen (secondary N) is 2. The van der Waals surface area contributed by atoms with Crippen LogP contribution >= 0.6 is 15.9 Å². The van der Waals surface area contributed by atoms with Crippen molar-refractivity contribution in [1.82, 2.24) is 9.73 Å². The van der Waals surface area contributed by atoms with Crippen LogP contribution in [0.3, 0.4) is 0 Å². The molecule has 0 aliphatic carbocycles. The molecule has 2 N–H and O–H groups in total. The van der Waals surface area contributed by atoms with E-state index < -0.39 is 22.5 Å². The van der Waals surface area contributed by atoms with Crippen molar-refractivity contribution in [2.75, 3.05) is 25.0 Å². The Labute approximate surface area is 259 Å². The van der Waals surface area contributed by atoms with Gasteiger partial charge in [-0.3, -0.25) is 9.59 Å². The molecule has 0 aromatic heterocycles. The number of halogens is 1. The lowest BCUT2D eigenvalue weighted by Gasteiger charge is -2.21. The van der Waals surface area contributed by atoms with Crippen LogP contribution in [0, 0.1) is 6.92 Å². The maximum Gasteiger partial charge on any atom is 0.262 e. The number of ether oxygens (including phenoxy) is 1. The number of rotatable bonds is 13. The number of amides is 2. The minimum atomic E-state index is -3.94. The van der Waals surface area contributed by atoms with Crippen molar-refractivity contribution in [3.05, 3.63) is 124 Å². The lowest BCUT2D eigenvalue weighted by atomic mass is 10.1. The zero-order valence-electron chi connectivity index (χ0n) is 23.4. The van der Waals surface area contributed by atoms with Gasteiger partial charge in [0.15, 0.2) is 6.61 Å². The number of sulfonamides is 1. The molecule has 4 rings (SSSR count). The molecule has 43 heavy (non-hydrogen) atoms. The molecule has 9 nitrogen and oxygen atoms in total. The van der Waals surface area contributed by atoms with Crippen molar-refractivity contribution in [3.8, 4) is 5.75 Å². The average molecular weight is 664 g/mol. The lowest BCUT2D eigenvalue weighted by molar-refractivity contribution is -0.121. The highest BCUT2D eigenvalue weighted by molar-refractivity contribution is 9.10. The fourth-order valence-corrected chi connectivity index (χ4v) is 5.61. The van der Waals surface area contributed by atoms with E-state index in [4.69, 9.17) is 4.74 Å². The number of carbonyl (C=O) groups is 2. The fraction of sp³-hybridized carbons (Fsp3) is 0.156. The topological polar surface area (TPSA) is 117 Å². The van der Waals surface area contributed by atoms with E-state index in [-0.39, 0.29) is 24.0 Å². The number of benzene rings is 4. The minimum Gasteiger partial charge on any atom is -0.484 e. The van der Waals surface area contributed by atoms with Crippen molar-refractivity contribution >= 4 is 49.7 Å². The van der Waals surface area contributed by atoms with Crippen molar-refractivity contribution in [1.29, 1.82) is 0 Å². The van der Waals surface area contributed by atoms with Gasteiger partial charge in [0.1, 0.15) is 5.75 Å². The highest BCUT2D eigenvalue weighted by atomic mass is 79.9. The van der Waals surface area contributed by atoms with Gasteiger partial charge in [0, 0.05) is 16.7 Å². The summed E-state index contributed by atoms with van der Waals surface area (Å²) in [5, 5.41) is 6.75. The van der Waals surface area contributed by atoms with Gasteiger partial charge in [-0.15, -0.1) is 0 Å². The lowest BCUT2D eigenvalue weighted by Crippen LogP contribution is -2.40. The van der Waals surface area contributed by atoms with Crippen molar-refractivity contribution in [3.63, 3.8) is 0 Å². The summed E-state index contributed by atoms with van der Waals surface area (Å²) in [4.78, 5) is 25.0. The maximum absolute atomic E-state index is 13.4. The molecule has 0 spiro atoms. The molecule has 222 valence electrons. The van der Waals surface area contributed by atoms with Gasteiger partial charge in [-0.05, 0) is 85.1 Å². The van der Waals surface area contributed by atoms with Crippen LogP contribution in [-0.4, -0.2) is 50.4 Å². The van der Waals surface area contributed by atoms with Gasteiger partial charge in [-0.2, -0.15) is 9.41 Å². The van der Waals surface area contributed by atoms with Gasteiger partial charge < -0.3 is 10.1 Å². The van der Waals surface area contributed by atoms with Crippen LogP contribution in [0.1, 0.15) is 16.7 Å². The summed E-state index contributed by atoms with van der Waals surface area (Å²) >= 11 is 3.32. The first-order chi connectivity index (χ1) is 20.7. The fourth-order valence-electron chi connectivity index (χ4n) is 3.95. The van der Waals surface area contributed by atoms with Gasteiger partial charge in [-0.1, -0.05) is 64.0 Å². The summed E-state index contributed by atoms with van der Waals surface area (Å²) in [7, 11) is -3.94. The Morgan fingerprint density at radius 2 is 1.56 bits per heavy atom. The van der Waals surface area contributed by atoms with Crippen LogP contribution in [0.5, 0.6) is 5.75 Å². The first-order valence-corrected chi connectivity index (χ1v) is 15.6. The summed E-state index contributed by atoms with van der Waals surface area (Å²) in [6, 6.07) is 30.0. The Hall–Kier alpha value is -4.32. The van der Waals surface area contributed by atoms with E-state index in [1.54, 1.807) is 36.4 Å². The third kappa shape index (κ3) is 9.88. The van der Waals surface area contributed by atoms with Gasteiger partial charge >= 0.3 is 0 Å². The van der Waals surface area contributed by atoms with E-state index in [9.17, 15) is 18.0 Å². The molecule has 0 atom stereocenters. The first-order valence-electron chi connectivity index (χ1n) is 13.4. The van der Waals surface area contributed by atoms with Gasteiger partial charge in [0.25, 0.3) is 11.8 Å². The predicted octanol–water partition coefficient (Wildman–Crippen LogP) is 5.16. The van der Waals surface area contributed by atoms with Crippen LogP contribution in [0.2, 0.25) is 0 Å². The Kier molecular flexibility index (Phi) is 11.2. The van der Waals surface area contributed by atoms with E-state index in [0.29, 0.717) is 23.4 Å². The monoisotopic (exact) mass is 662 g/mol. The Morgan fingerprint density at radius 3 is 2.23 bits per heavy atom. The van der Waals surface area contributed by atoms with Gasteiger partial charge in [-0.25, -0.2) is 13.8 Å². The highest BCUT2D eigenvalue weighted by Crippen LogP contribution is 2.19. The van der Waals surface area contributed by atoms with E-state index >= 15 is 0 Å². The maximum atomic E-state index is 13.4. The SMILES string of the molecule is Cc1ccc(NC(=O)COc2ccc(/C=N/NC(=O)CN(CCc3ccccc3)S(=O)(=O)c3ccc(Br)cc3)cc2)cc1. The van der Waals surface area contributed by atoms with Crippen molar-refractivity contribution in [2.24, 2.45) is 5.10 Å². The van der Waals surface area contributed by atoms with Crippen molar-refractivity contribution in [2.45, 2.75) is 18.2 Å². The predicted molar refractivity (Wildman–Crippen MR) is 171 cm³/mol. The van der Waals surface area contributed by atoms with Gasteiger partial charge in [0.05, 0.1) is 17.7 Å². The summed E-state index contributed by atoms with van der Waals surface area (Å²) < 4.78 is 34.2. The average Bonchev–Trinajstić information content (AvgIpc) is 3.00. The van der Waals surface area contributed by atoms with E-state index in [2.05, 4.69) is 31.8 Å². The second kappa shape index (κ2) is 15.2. The molecule has 0 heterocycles. The summed E-state index contributed by atoms with van der Waals surface area (Å²) in [5.74, 6) is -0.367. The second-order valence-electron chi connectivity index (χ2n) is 9.59. The number of hydrogen-bond donors (Lipinski definition) is 2. The zero-order valence-corrected chi connectivity index (χ0v) is 25.8. The third-order valence-corrected chi connectivity index (χ3v) is 8.64. The Morgan fingerprint density at radius 1 is 0.884 bits per heavy atom. The number of carbonyl (C=O) groups excluding carboxylic acids is 2. The molecule has 4 aromatic carbocycles. The molecule has 2 amide bonds. The van der Waals surface area contributed by atoms with E-state index in [1.165, 1.54) is 18.3 Å². The summed E-state index contributed by atoms with van der Waals surface area (Å²) in [6.45, 7) is 1.53. The highest BCUT2D eigenvalue weighted by Gasteiger charge is 2.26. The smallest absolute Gasteiger partial charge is 0.262 e. The molecular weight excluding hydrogens is 632 g/mol. The number of anilines is 1. The number of hydrazone groups is 1. The molecule has 0 saturated heterocycles. The van der Waals surface area contributed by atoms with Crippen LogP contribution in [0.15, 0.2) is 118 Å². The quantitative estimate of drug-likeness (QED) is 0.152. The molecule has 0 fully saturated rings. The van der Waals surface area contributed by atoms with Crippen LogP contribution in [0.4, 0.5) is 5.69 Å². The molecule has 0 saturated carbocycles. The molecule has 0 radical (unpaired) electrons.